The molecule has 3 rings (SSSR count). The van der Waals surface area contributed by atoms with Crippen LogP contribution in [0.4, 0.5) is 0 Å². The van der Waals surface area contributed by atoms with Crippen molar-refractivity contribution >= 4 is 0 Å². The molecule has 0 radical (unpaired) electrons. The molecule has 0 spiro atoms. The van der Waals surface area contributed by atoms with Crippen molar-refractivity contribution in [2.24, 2.45) is 17.3 Å². The molecule has 0 aromatic carbocycles. The fourth-order valence-electron chi connectivity index (χ4n) is 4.31. The van der Waals surface area contributed by atoms with E-state index in [2.05, 4.69) is 30.6 Å². The van der Waals surface area contributed by atoms with Crippen LogP contribution in [-0.2, 0) is 0 Å². The van der Waals surface area contributed by atoms with Crippen molar-refractivity contribution in [2.45, 2.75) is 65.0 Å². The van der Waals surface area contributed by atoms with E-state index in [-0.39, 0.29) is 6.10 Å². The predicted octanol–water partition coefficient (Wildman–Crippen LogP) is 2.59. The largest absolute Gasteiger partial charge is 0.393 e. The fraction of sp³-hybridized carbons (Fsp3) is 1.00. The summed E-state index contributed by atoms with van der Waals surface area (Å²) < 4.78 is 0. The van der Waals surface area contributed by atoms with E-state index >= 15 is 0 Å². The van der Waals surface area contributed by atoms with Crippen molar-refractivity contribution in [3.05, 3.63) is 0 Å². The van der Waals surface area contributed by atoms with E-state index in [4.69, 9.17) is 0 Å². The van der Waals surface area contributed by atoms with Gasteiger partial charge in [0.2, 0.25) is 0 Å². The molecule has 2 aliphatic carbocycles. The number of hydrogen-bond acceptors (Lipinski definition) is 3. The van der Waals surface area contributed by atoms with Gasteiger partial charge in [-0.05, 0) is 49.4 Å². The van der Waals surface area contributed by atoms with Crippen molar-refractivity contribution in [3.8, 4) is 0 Å². The number of hydrogen-bond donors (Lipinski definition) is 1. The Balaban J connectivity index is 1.49. The van der Waals surface area contributed by atoms with Crippen LogP contribution in [0.15, 0.2) is 0 Å². The lowest BCUT2D eigenvalue weighted by Gasteiger charge is -2.43. The third kappa shape index (κ3) is 4.00. The molecule has 0 aromatic heterocycles. The average Bonchev–Trinajstić information content (AvgIpc) is 3.25. The summed E-state index contributed by atoms with van der Waals surface area (Å²) in [5.74, 6) is 1.27. The highest BCUT2D eigenvalue weighted by molar-refractivity contribution is 4.90. The Morgan fingerprint density at radius 2 is 1.62 bits per heavy atom. The maximum Gasteiger partial charge on any atom is 0.0580 e. The summed E-state index contributed by atoms with van der Waals surface area (Å²) in [6, 6.07) is 0.915. The lowest BCUT2D eigenvalue weighted by Crippen LogP contribution is -2.50. The molecule has 3 unspecified atom stereocenters. The van der Waals surface area contributed by atoms with Crippen molar-refractivity contribution < 1.29 is 5.11 Å². The zero-order valence-electron chi connectivity index (χ0n) is 14.2. The third-order valence-electron chi connectivity index (χ3n) is 6.13. The van der Waals surface area contributed by atoms with Crippen LogP contribution in [0.5, 0.6) is 0 Å². The molecule has 122 valence electrons. The molecule has 2 saturated carbocycles. The summed E-state index contributed by atoms with van der Waals surface area (Å²) in [5, 5.41) is 10.4. The lowest BCUT2D eigenvalue weighted by atomic mass is 9.68. The topological polar surface area (TPSA) is 26.7 Å². The molecule has 1 saturated heterocycles. The second kappa shape index (κ2) is 6.17. The smallest absolute Gasteiger partial charge is 0.0580 e. The molecule has 3 nitrogen and oxygen atoms in total. The Hall–Kier alpha value is -0.120. The zero-order chi connectivity index (χ0) is 15.0. The molecule has 0 bridgehead atoms. The maximum atomic E-state index is 10.4. The van der Waals surface area contributed by atoms with Crippen molar-refractivity contribution in [3.63, 3.8) is 0 Å². The molecule has 1 N–H and O–H groups in total. The summed E-state index contributed by atoms with van der Waals surface area (Å²) >= 11 is 0. The molecule has 3 aliphatic rings. The van der Waals surface area contributed by atoms with Crippen LogP contribution in [0.2, 0.25) is 0 Å². The van der Waals surface area contributed by atoms with Crippen molar-refractivity contribution in [1.29, 1.82) is 0 Å². The molecule has 3 atom stereocenters. The van der Waals surface area contributed by atoms with Gasteiger partial charge in [-0.3, -0.25) is 4.90 Å². The van der Waals surface area contributed by atoms with Gasteiger partial charge in [-0.15, -0.1) is 0 Å². The van der Waals surface area contributed by atoms with E-state index in [1.807, 2.05) is 0 Å². The summed E-state index contributed by atoms with van der Waals surface area (Å²) in [5.41, 5.74) is 0.392. The summed E-state index contributed by atoms with van der Waals surface area (Å²) in [6.07, 6.45) is 6.21. The highest BCUT2D eigenvalue weighted by atomic mass is 16.3. The van der Waals surface area contributed by atoms with E-state index in [0.717, 1.165) is 24.9 Å². The fourth-order valence-corrected chi connectivity index (χ4v) is 4.31. The Morgan fingerprint density at radius 1 is 0.952 bits per heavy atom. The molecule has 1 aliphatic heterocycles. The van der Waals surface area contributed by atoms with Gasteiger partial charge in [0.05, 0.1) is 6.10 Å². The average molecular weight is 294 g/mol. The van der Waals surface area contributed by atoms with E-state index in [1.54, 1.807) is 0 Å². The first-order valence-corrected chi connectivity index (χ1v) is 9.08. The Bertz CT molecular complexity index is 340. The Labute approximate surface area is 130 Å². The molecular weight excluding hydrogens is 260 g/mol. The number of piperazine rings is 1. The molecule has 3 heteroatoms. The van der Waals surface area contributed by atoms with Crippen LogP contribution >= 0.6 is 0 Å². The predicted molar refractivity (Wildman–Crippen MR) is 87.3 cm³/mol. The Kier molecular flexibility index (Phi) is 4.63. The second-order valence-electron chi connectivity index (χ2n) is 8.77. The first-order chi connectivity index (χ1) is 9.93. The normalized spacial score (nSPS) is 36.9. The number of aliphatic hydroxyl groups is 1. The minimum absolute atomic E-state index is 0.0648. The lowest BCUT2D eigenvalue weighted by molar-refractivity contribution is -0.00435. The maximum absolute atomic E-state index is 10.4. The van der Waals surface area contributed by atoms with Gasteiger partial charge in [-0.25, -0.2) is 0 Å². The third-order valence-corrected chi connectivity index (χ3v) is 6.13. The number of nitrogens with zero attached hydrogens (tertiary/aromatic N) is 2. The molecule has 0 aromatic rings. The van der Waals surface area contributed by atoms with Crippen LogP contribution in [0.25, 0.3) is 0 Å². The van der Waals surface area contributed by atoms with E-state index in [1.165, 1.54) is 51.9 Å². The Morgan fingerprint density at radius 3 is 2.19 bits per heavy atom. The van der Waals surface area contributed by atoms with Gasteiger partial charge < -0.3 is 10.0 Å². The van der Waals surface area contributed by atoms with E-state index < -0.39 is 0 Å². The molecule has 21 heavy (non-hydrogen) atoms. The van der Waals surface area contributed by atoms with Crippen LogP contribution in [0, 0.1) is 17.3 Å². The molecule has 0 amide bonds. The van der Waals surface area contributed by atoms with Gasteiger partial charge in [0, 0.05) is 38.8 Å². The minimum atomic E-state index is -0.0648. The van der Waals surface area contributed by atoms with Crippen molar-refractivity contribution in [1.82, 2.24) is 9.80 Å². The van der Waals surface area contributed by atoms with E-state index in [0.29, 0.717) is 11.3 Å². The van der Waals surface area contributed by atoms with Gasteiger partial charge >= 0.3 is 0 Å². The van der Waals surface area contributed by atoms with Gasteiger partial charge in [0.1, 0.15) is 0 Å². The van der Waals surface area contributed by atoms with Crippen LogP contribution in [-0.4, -0.2) is 59.8 Å². The minimum Gasteiger partial charge on any atom is -0.393 e. The molecule has 3 fully saturated rings. The van der Waals surface area contributed by atoms with E-state index in [9.17, 15) is 5.11 Å². The van der Waals surface area contributed by atoms with Gasteiger partial charge in [0.15, 0.2) is 0 Å². The SMILES string of the molecule is CC(C)(C)C1CCC(O)C(CN2CCN(C3CC3)CC2)C1. The van der Waals surface area contributed by atoms with Gasteiger partial charge in [0.25, 0.3) is 0 Å². The highest BCUT2D eigenvalue weighted by Gasteiger charge is 2.37. The number of aliphatic hydroxyl groups excluding tert-OH is 1. The van der Waals surface area contributed by atoms with Crippen molar-refractivity contribution in [2.75, 3.05) is 32.7 Å². The summed E-state index contributed by atoms with van der Waals surface area (Å²) in [7, 11) is 0. The highest BCUT2D eigenvalue weighted by Crippen LogP contribution is 2.40. The van der Waals surface area contributed by atoms with Crippen LogP contribution in [0.3, 0.4) is 0 Å². The van der Waals surface area contributed by atoms with Gasteiger partial charge in [-0.1, -0.05) is 20.8 Å². The zero-order valence-corrected chi connectivity index (χ0v) is 14.2. The van der Waals surface area contributed by atoms with Crippen LogP contribution < -0.4 is 0 Å². The first-order valence-electron chi connectivity index (χ1n) is 9.08. The molecular formula is C18H34N2O. The van der Waals surface area contributed by atoms with Crippen LogP contribution in [0.1, 0.15) is 52.9 Å². The number of rotatable bonds is 3. The first kappa shape index (κ1) is 15.8. The second-order valence-corrected chi connectivity index (χ2v) is 8.77. The standard InChI is InChI=1S/C18H34N2O/c1-18(2,3)15-4-7-17(21)14(12-15)13-19-8-10-20(11-9-19)16-5-6-16/h14-17,21H,4-13H2,1-3H3. The summed E-state index contributed by atoms with van der Waals surface area (Å²) in [6.45, 7) is 13.1. The molecule has 1 heterocycles. The monoisotopic (exact) mass is 294 g/mol. The van der Waals surface area contributed by atoms with Gasteiger partial charge in [-0.2, -0.15) is 0 Å². The quantitative estimate of drug-likeness (QED) is 0.867. The summed E-state index contributed by atoms with van der Waals surface area (Å²) in [4.78, 5) is 5.28.